The number of halogens is 2. The van der Waals surface area contributed by atoms with Gasteiger partial charge >= 0.3 is 0 Å². The zero-order valence-corrected chi connectivity index (χ0v) is 13.0. The summed E-state index contributed by atoms with van der Waals surface area (Å²) < 4.78 is 26.5. The summed E-state index contributed by atoms with van der Waals surface area (Å²) in [6, 6.07) is 6.61. The summed E-state index contributed by atoms with van der Waals surface area (Å²) in [5.41, 5.74) is 0. The Morgan fingerprint density at radius 2 is 2.11 bits per heavy atom. The molecular formula is C12H15BrClNO2S. The second-order valence-electron chi connectivity index (χ2n) is 4.46. The van der Waals surface area contributed by atoms with Gasteiger partial charge in [-0.05, 0) is 30.9 Å². The highest BCUT2D eigenvalue weighted by atomic mass is 79.9. The molecule has 100 valence electrons. The van der Waals surface area contributed by atoms with Crippen LogP contribution in [0.3, 0.4) is 0 Å². The standard InChI is InChI=1S/C12H15BrClNO2S/c13-8-10-4-3-7-15(9-10)18(16,17)12-6-2-1-5-11(12)14/h1-2,5-6,10H,3-4,7-9H2. The van der Waals surface area contributed by atoms with Crippen molar-refractivity contribution in [1.82, 2.24) is 4.31 Å². The van der Waals surface area contributed by atoms with E-state index in [0.29, 0.717) is 24.0 Å². The van der Waals surface area contributed by atoms with Crippen LogP contribution in [-0.4, -0.2) is 31.1 Å². The van der Waals surface area contributed by atoms with Crippen LogP contribution in [0.1, 0.15) is 12.8 Å². The Hall–Kier alpha value is -0.100. The molecular weight excluding hydrogens is 338 g/mol. The van der Waals surface area contributed by atoms with Gasteiger partial charge in [-0.2, -0.15) is 4.31 Å². The second kappa shape index (κ2) is 5.90. The van der Waals surface area contributed by atoms with E-state index in [1.165, 1.54) is 0 Å². The van der Waals surface area contributed by atoms with Gasteiger partial charge < -0.3 is 0 Å². The smallest absolute Gasteiger partial charge is 0.207 e. The van der Waals surface area contributed by atoms with Crippen LogP contribution in [0.4, 0.5) is 0 Å². The Balaban J connectivity index is 2.29. The zero-order chi connectivity index (χ0) is 13.2. The average Bonchev–Trinajstić information content (AvgIpc) is 2.39. The number of nitrogens with zero attached hydrogens (tertiary/aromatic N) is 1. The second-order valence-corrected chi connectivity index (χ2v) is 7.42. The average molecular weight is 353 g/mol. The first kappa shape index (κ1) is 14.3. The summed E-state index contributed by atoms with van der Waals surface area (Å²) in [5.74, 6) is 0.385. The first-order valence-electron chi connectivity index (χ1n) is 5.86. The van der Waals surface area contributed by atoms with Gasteiger partial charge in [-0.3, -0.25) is 0 Å². The molecule has 0 bridgehead atoms. The summed E-state index contributed by atoms with van der Waals surface area (Å²) in [5, 5.41) is 1.13. The van der Waals surface area contributed by atoms with Crippen LogP contribution in [0, 0.1) is 5.92 Å². The van der Waals surface area contributed by atoms with Crippen molar-refractivity contribution in [2.24, 2.45) is 5.92 Å². The number of piperidine rings is 1. The number of sulfonamides is 1. The Bertz CT molecular complexity index is 521. The molecule has 0 aliphatic carbocycles. The maximum atomic E-state index is 12.5. The zero-order valence-electron chi connectivity index (χ0n) is 9.85. The number of rotatable bonds is 3. The minimum absolute atomic E-state index is 0.210. The van der Waals surface area contributed by atoms with Gasteiger partial charge in [-0.15, -0.1) is 0 Å². The van der Waals surface area contributed by atoms with Crippen LogP contribution >= 0.6 is 27.5 Å². The first-order valence-corrected chi connectivity index (χ1v) is 8.80. The molecule has 0 radical (unpaired) electrons. The van der Waals surface area contributed by atoms with Crippen molar-refractivity contribution in [2.45, 2.75) is 17.7 Å². The normalized spacial score (nSPS) is 22.0. The summed E-state index contributed by atoms with van der Waals surface area (Å²) >= 11 is 9.41. The predicted molar refractivity (Wildman–Crippen MR) is 76.7 cm³/mol. The van der Waals surface area contributed by atoms with Gasteiger partial charge in [0.05, 0.1) is 5.02 Å². The van der Waals surface area contributed by atoms with Crippen molar-refractivity contribution in [3.8, 4) is 0 Å². The van der Waals surface area contributed by atoms with Crippen LogP contribution in [0.25, 0.3) is 0 Å². The number of hydrogen-bond donors (Lipinski definition) is 0. The highest BCUT2D eigenvalue weighted by Gasteiger charge is 2.30. The van der Waals surface area contributed by atoms with Crippen LogP contribution in [0.5, 0.6) is 0 Å². The van der Waals surface area contributed by atoms with Crippen LogP contribution < -0.4 is 0 Å². The topological polar surface area (TPSA) is 37.4 Å². The Kier molecular flexibility index (Phi) is 4.69. The predicted octanol–water partition coefficient (Wildman–Crippen LogP) is 3.14. The molecule has 0 spiro atoms. The van der Waals surface area contributed by atoms with Gasteiger partial charge in [0.2, 0.25) is 10.0 Å². The SMILES string of the molecule is O=S(=O)(c1ccccc1Cl)N1CCCC(CBr)C1. The van der Waals surface area contributed by atoms with Crippen molar-refractivity contribution >= 4 is 37.6 Å². The van der Waals surface area contributed by atoms with E-state index in [-0.39, 0.29) is 4.90 Å². The molecule has 1 aliphatic rings. The van der Waals surface area contributed by atoms with E-state index in [4.69, 9.17) is 11.6 Å². The van der Waals surface area contributed by atoms with E-state index in [1.54, 1.807) is 28.6 Å². The van der Waals surface area contributed by atoms with E-state index in [0.717, 1.165) is 18.2 Å². The number of benzene rings is 1. The maximum absolute atomic E-state index is 12.5. The molecule has 1 fully saturated rings. The fourth-order valence-electron chi connectivity index (χ4n) is 2.16. The lowest BCUT2D eigenvalue weighted by molar-refractivity contribution is 0.285. The molecule has 2 rings (SSSR count). The van der Waals surface area contributed by atoms with Crippen LogP contribution in [-0.2, 0) is 10.0 Å². The molecule has 1 unspecified atom stereocenters. The summed E-state index contributed by atoms with van der Waals surface area (Å²) in [6.45, 7) is 1.15. The van der Waals surface area contributed by atoms with Crippen molar-refractivity contribution in [1.29, 1.82) is 0 Å². The molecule has 1 saturated heterocycles. The van der Waals surface area contributed by atoms with E-state index < -0.39 is 10.0 Å². The molecule has 6 heteroatoms. The quantitative estimate of drug-likeness (QED) is 0.784. The molecule has 3 nitrogen and oxygen atoms in total. The fraction of sp³-hybridized carbons (Fsp3) is 0.500. The van der Waals surface area contributed by atoms with Crippen molar-refractivity contribution in [3.63, 3.8) is 0 Å². The molecule has 1 aliphatic heterocycles. The van der Waals surface area contributed by atoms with Gasteiger partial charge in [0, 0.05) is 18.4 Å². The molecule has 0 saturated carbocycles. The molecule has 18 heavy (non-hydrogen) atoms. The molecule has 0 aromatic heterocycles. The van der Waals surface area contributed by atoms with E-state index in [1.807, 2.05) is 0 Å². The lowest BCUT2D eigenvalue weighted by atomic mass is 10.0. The van der Waals surface area contributed by atoms with Crippen molar-refractivity contribution < 1.29 is 8.42 Å². The third-order valence-corrected chi connectivity index (χ3v) is 6.44. The Labute approximate surface area is 121 Å². The lowest BCUT2D eigenvalue weighted by Gasteiger charge is -2.31. The fourth-order valence-corrected chi connectivity index (χ4v) is 4.74. The Morgan fingerprint density at radius 1 is 1.39 bits per heavy atom. The minimum Gasteiger partial charge on any atom is -0.207 e. The van der Waals surface area contributed by atoms with Crippen LogP contribution in [0.15, 0.2) is 29.2 Å². The third-order valence-electron chi connectivity index (χ3n) is 3.15. The van der Waals surface area contributed by atoms with Crippen molar-refractivity contribution in [3.05, 3.63) is 29.3 Å². The summed E-state index contributed by atoms with van der Waals surface area (Å²) in [4.78, 5) is 0.210. The molecule has 1 heterocycles. The number of hydrogen-bond acceptors (Lipinski definition) is 2. The summed E-state index contributed by atoms with van der Waals surface area (Å²) in [6.07, 6.45) is 1.97. The Morgan fingerprint density at radius 3 is 2.78 bits per heavy atom. The van der Waals surface area contributed by atoms with Gasteiger partial charge in [0.1, 0.15) is 4.90 Å². The van der Waals surface area contributed by atoms with E-state index in [9.17, 15) is 8.42 Å². The van der Waals surface area contributed by atoms with E-state index >= 15 is 0 Å². The van der Waals surface area contributed by atoms with Crippen molar-refractivity contribution in [2.75, 3.05) is 18.4 Å². The molecule has 0 amide bonds. The van der Waals surface area contributed by atoms with Gasteiger partial charge in [-0.1, -0.05) is 39.7 Å². The maximum Gasteiger partial charge on any atom is 0.244 e. The molecule has 1 atom stereocenters. The first-order chi connectivity index (χ1) is 8.55. The van der Waals surface area contributed by atoms with E-state index in [2.05, 4.69) is 15.9 Å². The monoisotopic (exact) mass is 351 g/mol. The highest BCUT2D eigenvalue weighted by molar-refractivity contribution is 9.09. The minimum atomic E-state index is -3.46. The molecule has 0 N–H and O–H groups in total. The van der Waals surface area contributed by atoms with Gasteiger partial charge in [0.15, 0.2) is 0 Å². The summed E-state index contributed by atoms with van der Waals surface area (Å²) in [7, 11) is -3.46. The number of alkyl halides is 1. The third kappa shape index (κ3) is 2.90. The van der Waals surface area contributed by atoms with Crippen LogP contribution in [0.2, 0.25) is 5.02 Å². The van der Waals surface area contributed by atoms with Gasteiger partial charge in [-0.25, -0.2) is 8.42 Å². The molecule has 1 aromatic carbocycles. The molecule has 1 aromatic rings. The lowest BCUT2D eigenvalue weighted by Crippen LogP contribution is -2.40. The van der Waals surface area contributed by atoms with Gasteiger partial charge in [0.25, 0.3) is 0 Å². The highest BCUT2D eigenvalue weighted by Crippen LogP contribution is 2.28. The largest absolute Gasteiger partial charge is 0.244 e.